The number of hydrogen-bond donors (Lipinski definition) is 1. The fourth-order valence-electron chi connectivity index (χ4n) is 3.14. The van der Waals surface area contributed by atoms with Crippen LogP contribution in [0, 0.1) is 12.8 Å². The van der Waals surface area contributed by atoms with E-state index in [1.807, 2.05) is 68.4 Å². The highest BCUT2D eigenvalue weighted by Gasteiger charge is 2.37. The largest absolute Gasteiger partial charge is 0.335 e. The van der Waals surface area contributed by atoms with Gasteiger partial charge >= 0.3 is 0 Å². The van der Waals surface area contributed by atoms with Crippen LogP contribution in [0.1, 0.15) is 30.5 Å². The van der Waals surface area contributed by atoms with Crippen LogP contribution in [-0.4, -0.2) is 23.3 Å². The smallest absolute Gasteiger partial charge is 0.229 e. The lowest BCUT2D eigenvalue weighted by molar-refractivity contribution is -0.129. The zero-order chi connectivity index (χ0) is 17.1. The highest BCUT2D eigenvalue weighted by atomic mass is 16.2. The van der Waals surface area contributed by atoms with Gasteiger partial charge in [0.05, 0.1) is 12.0 Å². The summed E-state index contributed by atoms with van der Waals surface area (Å²) < 4.78 is 0. The maximum Gasteiger partial charge on any atom is 0.229 e. The summed E-state index contributed by atoms with van der Waals surface area (Å²) in [5.74, 6) is -0.347. The highest BCUT2D eigenvalue weighted by molar-refractivity contribution is 5.97. The lowest BCUT2D eigenvalue weighted by Crippen LogP contribution is -2.30. The van der Waals surface area contributed by atoms with Gasteiger partial charge in [0.1, 0.15) is 0 Å². The number of likely N-dealkylation sites (tertiary alicyclic amines) is 1. The van der Waals surface area contributed by atoms with E-state index >= 15 is 0 Å². The molecule has 4 nitrogen and oxygen atoms in total. The summed E-state index contributed by atoms with van der Waals surface area (Å²) in [5.41, 5.74) is 2.92. The van der Waals surface area contributed by atoms with Gasteiger partial charge in [0.15, 0.2) is 0 Å². The van der Waals surface area contributed by atoms with Crippen LogP contribution in [0.5, 0.6) is 0 Å². The zero-order valence-electron chi connectivity index (χ0n) is 14.0. The Morgan fingerprint density at radius 2 is 1.79 bits per heavy atom. The van der Waals surface area contributed by atoms with E-state index in [1.54, 1.807) is 4.90 Å². The second-order valence-electron chi connectivity index (χ2n) is 6.34. The summed E-state index contributed by atoms with van der Waals surface area (Å²) in [4.78, 5) is 26.7. The SMILES string of the molecule is Cc1ccccc1NC(=O)[C@@H]1CC(=O)N([C@@H](C)c2ccccc2)C1. The molecule has 1 aliphatic rings. The molecule has 0 saturated carbocycles. The maximum absolute atomic E-state index is 12.5. The van der Waals surface area contributed by atoms with Crippen molar-refractivity contribution in [3.63, 3.8) is 0 Å². The van der Waals surface area contributed by atoms with Gasteiger partial charge in [-0.15, -0.1) is 0 Å². The van der Waals surface area contributed by atoms with Crippen molar-refractivity contribution in [1.29, 1.82) is 0 Å². The summed E-state index contributed by atoms with van der Waals surface area (Å²) in [5, 5.41) is 2.95. The predicted molar refractivity (Wildman–Crippen MR) is 94.5 cm³/mol. The molecule has 1 aliphatic heterocycles. The van der Waals surface area contributed by atoms with E-state index in [1.165, 1.54) is 0 Å². The molecule has 0 unspecified atom stereocenters. The van der Waals surface area contributed by atoms with Crippen molar-refractivity contribution in [2.24, 2.45) is 5.92 Å². The topological polar surface area (TPSA) is 49.4 Å². The van der Waals surface area contributed by atoms with Crippen molar-refractivity contribution in [1.82, 2.24) is 4.90 Å². The molecular weight excluding hydrogens is 300 g/mol. The van der Waals surface area contributed by atoms with E-state index in [4.69, 9.17) is 0 Å². The number of nitrogens with zero attached hydrogens (tertiary/aromatic N) is 1. The van der Waals surface area contributed by atoms with Crippen LogP contribution in [-0.2, 0) is 9.59 Å². The Kier molecular flexibility index (Phi) is 4.65. The number of rotatable bonds is 4. The van der Waals surface area contributed by atoms with Gasteiger partial charge in [-0.05, 0) is 31.0 Å². The number of anilines is 1. The van der Waals surface area contributed by atoms with E-state index in [0.29, 0.717) is 6.54 Å². The van der Waals surface area contributed by atoms with Crippen LogP contribution in [0.25, 0.3) is 0 Å². The van der Waals surface area contributed by atoms with Gasteiger partial charge in [0.25, 0.3) is 0 Å². The third kappa shape index (κ3) is 3.32. The van der Waals surface area contributed by atoms with E-state index in [2.05, 4.69) is 5.32 Å². The number of carbonyl (C=O) groups excluding carboxylic acids is 2. The van der Waals surface area contributed by atoms with Crippen LogP contribution >= 0.6 is 0 Å². The molecule has 0 radical (unpaired) electrons. The average Bonchev–Trinajstić information content (AvgIpc) is 2.99. The fourth-order valence-corrected chi connectivity index (χ4v) is 3.14. The Hall–Kier alpha value is -2.62. The van der Waals surface area contributed by atoms with Gasteiger partial charge in [-0.25, -0.2) is 0 Å². The fraction of sp³-hybridized carbons (Fsp3) is 0.300. The first-order valence-corrected chi connectivity index (χ1v) is 8.27. The summed E-state index contributed by atoms with van der Waals surface area (Å²) in [6, 6.07) is 17.6. The van der Waals surface area contributed by atoms with Crippen molar-refractivity contribution < 1.29 is 9.59 Å². The molecule has 24 heavy (non-hydrogen) atoms. The van der Waals surface area contributed by atoms with E-state index in [-0.39, 0.29) is 30.2 Å². The van der Waals surface area contributed by atoms with Gasteiger partial charge < -0.3 is 10.2 Å². The summed E-state index contributed by atoms with van der Waals surface area (Å²) in [6.45, 7) is 4.43. The van der Waals surface area contributed by atoms with Crippen molar-refractivity contribution in [2.45, 2.75) is 26.3 Å². The van der Waals surface area contributed by atoms with Gasteiger partial charge in [0, 0.05) is 18.7 Å². The standard InChI is InChI=1S/C20H22N2O2/c1-14-8-6-7-11-18(14)21-20(24)17-12-19(23)22(13-17)15(2)16-9-4-3-5-10-16/h3-11,15,17H,12-13H2,1-2H3,(H,21,24)/t15-,17+/m0/s1. The molecule has 1 heterocycles. The van der Waals surface area contributed by atoms with Gasteiger partial charge in [0.2, 0.25) is 11.8 Å². The molecule has 0 bridgehead atoms. The normalized spacial score (nSPS) is 18.5. The molecule has 1 fully saturated rings. The highest BCUT2D eigenvalue weighted by Crippen LogP contribution is 2.29. The third-order valence-electron chi connectivity index (χ3n) is 4.68. The molecule has 2 aromatic carbocycles. The van der Waals surface area contributed by atoms with E-state index < -0.39 is 0 Å². The van der Waals surface area contributed by atoms with Gasteiger partial charge in [-0.2, -0.15) is 0 Å². The molecule has 1 N–H and O–H groups in total. The molecule has 3 rings (SSSR count). The van der Waals surface area contributed by atoms with Crippen molar-refractivity contribution >= 4 is 17.5 Å². The van der Waals surface area contributed by atoms with Crippen LogP contribution in [0.15, 0.2) is 54.6 Å². The molecule has 4 heteroatoms. The molecule has 0 aromatic heterocycles. The molecule has 1 saturated heterocycles. The number of nitrogens with one attached hydrogen (secondary N) is 1. The van der Waals surface area contributed by atoms with Crippen molar-refractivity contribution in [2.75, 3.05) is 11.9 Å². The Labute approximate surface area is 142 Å². The Balaban J connectivity index is 1.68. The number of hydrogen-bond acceptors (Lipinski definition) is 2. The summed E-state index contributed by atoms with van der Waals surface area (Å²) in [6.07, 6.45) is 0.273. The minimum atomic E-state index is -0.303. The van der Waals surface area contributed by atoms with Crippen LogP contribution in [0.2, 0.25) is 0 Å². The van der Waals surface area contributed by atoms with Crippen molar-refractivity contribution in [3.05, 3.63) is 65.7 Å². The number of amides is 2. The lowest BCUT2D eigenvalue weighted by atomic mass is 10.1. The molecule has 0 spiro atoms. The monoisotopic (exact) mass is 322 g/mol. The first-order valence-electron chi connectivity index (χ1n) is 8.27. The quantitative estimate of drug-likeness (QED) is 0.936. The van der Waals surface area contributed by atoms with Crippen LogP contribution in [0.3, 0.4) is 0 Å². The molecular formula is C20H22N2O2. The second-order valence-corrected chi connectivity index (χ2v) is 6.34. The average molecular weight is 322 g/mol. The number of aryl methyl sites for hydroxylation is 1. The molecule has 2 amide bonds. The lowest BCUT2D eigenvalue weighted by Gasteiger charge is -2.25. The number of benzene rings is 2. The number of carbonyl (C=O) groups is 2. The zero-order valence-corrected chi connectivity index (χ0v) is 14.0. The first kappa shape index (κ1) is 16.2. The minimum Gasteiger partial charge on any atom is -0.335 e. The van der Waals surface area contributed by atoms with Crippen LogP contribution < -0.4 is 5.32 Å². The summed E-state index contributed by atoms with van der Waals surface area (Å²) >= 11 is 0. The Morgan fingerprint density at radius 3 is 2.50 bits per heavy atom. The van der Waals surface area contributed by atoms with Crippen LogP contribution in [0.4, 0.5) is 5.69 Å². The second kappa shape index (κ2) is 6.87. The Morgan fingerprint density at radius 1 is 1.12 bits per heavy atom. The molecule has 2 atom stereocenters. The third-order valence-corrected chi connectivity index (χ3v) is 4.68. The van der Waals surface area contributed by atoms with E-state index in [9.17, 15) is 9.59 Å². The van der Waals surface area contributed by atoms with Crippen molar-refractivity contribution in [3.8, 4) is 0 Å². The molecule has 0 aliphatic carbocycles. The maximum atomic E-state index is 12.5. The Bertz CT molecular complexity index is 742. The van der Waals surface area contributed by atoms with Gasteiger partial charge in [-0.1, -0.05) is 48.5 Å². The van der Waals surface area contributed by atoms with Gasteiger partial charge in [-0.3, -0.25) is 9.59 Å². The number of para-hydroxylation sites is 1. The molecule has 124 valence electrons. The van der Waals surface area contributed by atoms with E-state index in [0.717, 1.165) is 16.8 Å². The summed E-state index contributed by atoms with van der Waals surface area (Å²) in [7, 11) is 0. The first-order chi connectivity index (χ1) is 11.6. The molecule has 2 aromatic rings. The minimum absolute atomic E-state index is 0.0186. The predicted octanol–water partition coefficient (Wildman–Crippen LogP) is 3.54.